The first-order chi connectivity index (χ1) is 21.0. The molecule has 13 heteroatoms. The summed E-state index contributed by atoms with van der Waals surface area (Å²) < 4.78 is 6.71. The van der Waals surface area contributed by atoms with Gasteiger partial charge in [0.05, 0.1) is 18.0 Å². The van der Waals surface area contributed by atoms with Crippen LogP contribution in [0.3, 0.4) is 0 Å². The Kier molecular flexibility index (Phi) is 7.25. The number of likely N-dealkylation sites (tertiary alicyclic amines) is 1. The average Bonchev–Trinajstić information content (AvgIpc) is 3.46. The molecule has 12 nitrogen and oxygen atoms in total. The molecule has 0 bridgehead atoms. The van der Waals surface area contributed by atoms with E-state index in [0.717, 1.165) is 5.56 Å². The van der Waals surface area contributed by atoms with Gasteiger partial charge in [-0.1, -0.05) is 24.0 Å². The van der Waals surface area contributed by atoms with E-state index in [2.05, 4.69) is 57.9 Å². The highest BCUT2D eigenvalue weighted by Crippen LogP contribution is 2.45. The first-order valence-electron chi connectivity index (χ1n) is 13.7. The van der Waals surface area contributed by atoms with Crippen LogP contribution in [0, 0.1) is 24.2 Å². The Morgan fingerprint density at radius 2 is 1.89 bits per heavy atom. The Labute approximate surface area is 260 Å². The molecule has 1 saturated heterocycles. The topological polar surface area (TPSA) is 149 Å². The summed E-state index contributed by atoms with van der Waals surface area (Å²) in [4.78, 5) is 65.8. The summed E-state index contributed by atoms with van der Waals surface area (Å²) in [5, 5.41) is 7.92. The first kappa shape index (κ1) is 29.1. The van der Waals surface area contributed by atoms with Crippen LogP contribution in [0.2, 0.25) is 0 Å². The van der Waals surface area contributed by atoms with Gasteiger partial charge in [0.25, 0.3) is 0 Å². The van der Waals surface area contributed by atoms with Crippen molar-refractivity contribution in [1.82, 2.24) is 29.6 Å². The molecule has 1 N–H and O–H groups in total. The fourth-order valence-electron chi connectivity index (χ4n) is 5.59. The molecule has 222 valence electrons. The maximum absolute atomic E-state index is 13.9. The van der Waals surface area contributed by atoms with Crippen molar-refractivity contribution >= 4 is 56.2 Å². The van der Waals surface area contributed by atoms with Gasteiger partial charge in [-0.05, 0) is 65.5 Å². The molecule has 4 heterocycles. The molecule has 0 unspecified atom stereocenters. The Bertz CT molecular complexity index is 1940. The molecule has 0 saturated carbocycles. The van der Waals surface area contributed by atoms with Crippen molar-refractivity contribution in [3.8, 4) is 23.0 Å². The Hall–Kier alpha value is -4.96. The predicted octanol–water partition coefficient (Wildman–Crippen LogP) is 3.58. The molecule has 1 aromatic carbocycles. The van der Waals surface area contributed by atoms with Gasteiger partial charge < -0.3 is 15.0 Å². The van der Waals surface area contributed by atoms with Crippen molar-refractivity contribution in [3.63, 3.8) is 0 Å². The third kappa shape index (κ3) is 5.01. The van der Waals surface area contributed by atoms with E-state index in [1.807, 2.05) is 19.9 Å². The van der Waals surface area contributed by atoms with E-state index in [-0.39, 0.29) is 35.7 Å². The lowest BCUT2D eigenvalue weighted by molar-refractivity contribution is -0.138. The van der Waals surface area contributed by atoms with E-state index < -0.39 is 23.5 Å². The lowest BCUT2D eigenvalue weighted by Gasteiger charge is -2.34. The van der Waals surface area contributed by atoms with Crippen LogP contribution in [0.4, 0.5) is 5.82 Å². The summed E-state index contributed by atoms with van der Waals surface area (Å²) in [6.07, 6.45) is 3.36. The molecule has 3 aromatic heterocycles. The van der Waals surface area contributed by atoms with Crippen LogP contribution < -0.4 is 5.32 Å². The van der Waals surface area contributed by atoms with Crippen LogP contribution in [0.5, 0.6) is 0 Å². The maximum atomic E-state index is 13.9. The number of methoxy groups -OCH3 is 1. The molecule has 44 heavy (non-hydrogen) atoms. The number of fused-ring (bicyclic) bond motifs is 2. The fraction of sp³-hybridized carbons (Fsp3) is 0.290. The quantitative estimate of drug-likeness (QED) is 0.136. The Morgan fingerprint density at radius 3 is 2.55 bits per heavy atom. The summed E-state index contributed by atoms with van der Waals surface area (Å²) >= 11 is 3.34. The zero-order chi connectivity index (χ0) is 31.3. The third-order valence-corrected chi connectivity index (χ3v) is 8.39. The minimum Gasteiger partial charge on any atom is -0.463 e. The van der Waals surface area contributed by atoms with Gasteiger partial charge in [-0.3, -0.25) is 19.1 Å². The largest absolute Gasteiger partial charge is 0.463 e. The van der Waals surface area contributed by atoms with E-state index in [0.29, 0.717) is 38.9 Å². The molecule has 3 atom stereocenters. The van der Waals surface area contributed by atoms with E-state index in [1.54, 1.807) is 24.3 Å². The number of amides is 2. The molecule has 1 aliphatic carbocycles. The summed E-state index contributed by atoms with van der Waals surface area (Å²) in [7, 11) is 1.25. The molecule has 2 aliphatic rings. The van der Waals surface area contributed by atoms with Crippen molar-refractivity contribution in [1.29, 1.82) is 0 Å². The number of halogens is 1. The van der Waals surface area contributed by atoms with Gasteiger partial charge in [0.2, 0.25) is 17.6 Å². The van der Waals surface area contributed by atoms with Gasteiger partial charge in [0.15, 0.2) is 5.78 Å². The third-order valence-electron chi connectivity index (χ3n) is 7.95. The van der Waals surface area contributed by atoms with Crippen molar-refractivity contribution < 1.29 is 23.9 Å². The number of rotatable bonds is 7. The van der Waals surface area contributed by atoms with Crippen molar-refractivity contribution in [2.45, 2.75) is 45.8 Å². The van der Waals surface area contributed by atoms with Crippen LogP contribution >= 0.6 is 15.9 Å². The number of aromatic nitrogens is 5. The number of ether oxygens (including phenoxy) is 1. The van der Waals surface area contributed by atoms with Gasteiger partial charge in [-0.2, -0.15) is 5.10 Å². The van der Waals surface area contributed by atoms with Crippen LogP contribution in [0.1, 0.15) is 46.9 Å². The minimum absolute atomic E-state index is 0.0720. The molecule has 1 fully saturated rings. The number of ketones is 1. The van der Waals surface area contributed by atoms with Crippen LogP contribution in [-0.4, -0.2) is 72.4 Å². The fourth-order valence-corrected chi connectivity index (χ4v) is 5.90. The lowest BCUT2D eigenvalue weighted by atomic mass is 9.76. The van der Waals surface area contributed by atoms with Gasteiger partial charge in [-0.25, -0.2) is 19.7 Å². The van der Waals surface area contributed by atoms with Gasteiger partial charge in [0.1, 0.15) is 34.7 Å². The highest BCUT2D eigenvalue weighted by molar-refractivity contribution is 9.10. The van der Waals surface area contributed by atoms with Gasteiger partial charge >= 0.3 is 5.97 Å². The number of hydrogen-bond acceptors (Lipinski definition) is 9. The number of anilines is 1. The number of carbonyl (C=O) groups excluding carboxylic acids is 4. The number of Topliss-reactive ketones (excluding diaryl/α,β-unsaturated/α-hetero) is 1. The number of esters is 1. The molecule has 0 radical (unpaired) electrons. The average molecular weight is 656 g/mol. The van der Waals surface area contributed by atoms with Crippen LogP contribution in [-0.2, 0) is 20.9 Å². The summed E-state index contributed by atoms with van der Waals surface area (Å²) in [5.74, 6) is 4.91. The molecule has 0 spiro atoms. The number of carbonyl (C=O) groups is 4. The number of hydrogen-bond donors (Lipinski definition) is 1. The smallest absolute Gasteiger partial charge is 0.376 e. The molecule has 6 rings (SSSR count). The second kappa shape index (κ2) is 10.9. The number of nitrogens with zero attached hydrogens (tertiary/aromatic N) is 6. The van der Waals surface area contributed by atoms with E-state index in [1.165, 1.54) is 36.0 Å². The van der Waals surface area contributed by atoms with Crippen LogP contribution in [0.25, 0.3) is 22.0 Å². The molecule has 1 aliphatic heterocycles. The summed E-state index contributed by atoms with van der Waals surface area (Å²) in [6, 6.07) is 7.74. The van der Waals surface area contributed by atoms with Gasteiger partial charge in [0, 0.05) is 30.3 Å². The monoisotopic (exact) mass is 655 g/mol. The number of pyridine rings is 1. The Balaban J connectivity index is 1.29. The maximum Gasteiger partial charge on any atom is 0.376 e. The zero-order valence-corrected chi connectivity index (χ0v) is 25.8. The molecular weight excluding hydrogens is 630 g/mol. The number of aryl methyl sites for hydroxylation is 1. The molecule has 2 amide bonds. The minimum atomic E-state index is -0.783. The molecular formula is C31H26BrN7O5. The molecule has 4 aromatic rings. The summed E-state index contributed by atoms with van der Waals surface area (Å²) in [5.41, 5.74) is 2.34. The number of nitrogens with one attached hydrogen (secondary N) is 1. The van der Waals surface area contributed by atoms with Crippen molar-refractivity contribution in [2.75, 3.05) is 12.4 Å². The lowest BCUT2D eigenvalue weighted by Crippen LogP contribution is -2.50. The zero-order valence-electron chi connectivity index (χ0n) is 24.2. The first-order valence-corrected chi connectivity index (χ1v) is 14.5. The van der Waals surface area contributed by atoms with E-state index in [4.69, 9.17) is 0 Å². The highest BCUT2D eigenvalue weighted by Gasteiger charge is 2.56. The standard InChI is InChI=1S/C31H26BrN7O5/c1-16-5-8-24(32)35-27(16)36-29(42)22-12-31(3)10-9-23(31)39(22)25(41)15-38-21-7-6-18(11-20(21)26(37-38)17(2)40)19-13-33-28(34-14-19)30(43)44-4/h5-8,11,13-14,22-23H,12,15H2,1-4H3,(H,35,36,42)/t22-,23+,31+/m0/s1. The van der Waals surface area contributed by atoms with Crippen molar-refractivity contribution in [3.05, 3.63) is 64.4 Å². The summed E-state index contributed by atoms with van der Waals surface area (Å²) in [6.45, 7) is 4.99. The SMILES string of the molecule is COC(=O)c1ncc(-c2ccc3c(c2)c(C(C)=O)nn3CC(=O)N2[C@H](C(=O)Nc3nc(Br)ccc3C)C[C@@]3(C)C#C[C@@H]23)cn1. The Morgan fingerprint density at radius 1 is 1.14 bits per heavy atom. The van der Waals surface area contributed by atoms with Crippen molar-refractivity contribution in [2.24, 2.45) is 5.41 Å². The second-order valence-electron chi connectivity index (χ2n) is 11.0. The van der Waals surface area contributed by atoms with E-state index in [9.17, 15) is 19.2 Å². The number of benzene rings is 1. The van der Waals surface area contributed by atoms with Gasteiger partial charge in [-0.15, -0.1) is 0 Å². The normalized spacial score (nSPS) is 19.9. The van der Waals surface area contributed by atoms with Crippen LogP contribution in [0.15, 0.2) is 47.3 Å². The second-order valence-corrected chi connectivity index (χ2v) is 11.8. The predicted molar refractivity (Wildman–Crippen MR) is 162 cm³/mol. The van der Waals surface area contributed by atoms with E-state index >= 15 is 0 Å². The highest BCUT2D eigenvalue weighted by atomic mass is 79.9.